The van der Waals surface area contributed by atoms with E-state index in [2.05, 4.69) is 15.0 Å². The SMILES string of the molecule is COc1ccc(-c2c(C)[nH]c3nc(N)[nH]c(=O)c23)cc1. The highest BCUT2D eigenvalue weighted by Crippen LogP contribution is 2.30. The van der Waals surface area contributed by atoms with Gasteiger partial charge in [-0.1, -0.05) is 12.1 Å². The van der Waals surface area contributed by atoms with E-state index in [-0.39, 0.29) is 11.5 Å². The van der Waals surface area contributed by atoms with Crippen molar-refractivity contribution in [3.8, 4) is 16.9 Å². The second kappa shape index (κ2) is 4.41. The molecule has 4 N–H and O–H groups in total. The lowest BCUT2D eigenvalue weighted by Gasteiger charge is -2.03. The zero-order valence-electron chi connectivity index (χ0n) is 11.2. The van der Waals surface area contributed by atoms with Gasteiger partial charge in [0.05, 0.1) is 12.5 Å². The van der Waals surface area contributed by atoms with Gasteiger partial charge in [0.2, 0.25) is 5.95 Å². The van der Waals surface area contributed by atoms with Crippen molar-refractivity contribution in [3.63, 3.8) is 0 Å². The van der Waals surface area contributed by atoms with E-state index in [0.717, 1.165) is 22.6 Å². The lowest BCUT2D eigenvalue weighted by atomic mass is 10.0. The van der Waals surface area contributed by atoms with E-state index in [0.29, 0.717) is 11.0 Å². The number of aryl methyl sites for hydroxylation is 1. The number of fused-ring (bicyclic) bond motifs is 1. The van der Waals surface area contributed by atoms with Crippen molar-refractivity contribution in [2.45, 2.75) is 6.92 Å². The number of anilines is 1. The highest BCUT2D eigenvalue weighted by molar-refractivity contribution is 5.95. The topological polar surface area (TPSA) is 96.8 Å². The third kappa shape index (κ3) is 1.82. The molecule has 0 aliphatic heterocycles. The largest absolute Gasteiger partial charge is 0.497 e. The average molecular weight is 270 g/mol. The Morgan fingerprint density at radius 1 is 1.20 bits per heavy atom. The molecule has 0 amide bonds. The van der Waals surface area contributed by atoms with E-state index >= 15 is 0 Å². The van der Waals surface area contributed by atoms with Crippen molar-refractivity contribution in [1.82, 2.24) is 15.0 Å². The number of methoxy groups -OCH3 is 1. The summed E-state index contributed by atoms with van der Waals surface area (Å²) in [7, 11) is 1.61. The summed E-state index contributed by atoms with van der Waals surface area (Å²) in [4.78, 5) is 21.8. The summed E-state index contributed by atoms with van der Waals surface area (Å²) < 4.78 is 5.14. The van der Waals surface area contributed by atoms with Crippen LogP contribution in [0.1, 0.15) is 5.69 Å². The molecule has 3 rings (SSSR count). The molecule has 0 saturated heterocycles. The zero-order valence-corrected chi connectivity index (χ0v) is 11.2. The maximum atomic E-state index is 12.1. The first-order valence-electron chi connectivity index (χ1n) is 6.12. The van der Waals surface area contributed by atoms with Crippen LogP contribution in [0.4, 0.5) is 5.95 Å². The molecule has 6 nitrogen and oxygen atoms in total. The Hall–Kier alpha value is -2.76. The van der Waals surface area contributed by atoms with Gasteiger partial charge in [0, 0.05) is 11.3 Å². The van der Waals surface area contributed by atoms with Crippen LogP contribution < -0.4 is 16.0 Å². The number of nitrogens with two attached hydrogens (primary N) is 1. The number of nitrogen functional groups attached to an aromatic ring is 1. The molecule has 102 valence electrons. The second-order valence-electron chi connectivity index (χ2n) is 4.53. The fourth-order valence-electron chi connectivity index (χ4n) is 2.36. The van der Waals surface area contributed by atoms with E-state index in [1.807, 2.05) is 31.2 Å². The van der Waals surface area contributed by atoms with Crippen LogP contribution in [0.15, 0.2) is 29.1 Å². The van der Waals surface area contributed by atoms with Crippen molar-refractivity contribution in [2.24, 2.45) is 0 Å². The molecule has 0 aliphatic carbocycles. The molecular formula is C14H14N4O2. The summed E-state index contributed by atoms with van der Waals surface area (Å²) in [5, 5.41) is 0.516. The van der Waals surface area contributed by atoms with E-state index in [9.17, 15) is 4.79 Å². The maximum Gasteiger partial charge on any atom is 0.262 e. The second-order valence-corrected chi connectivity index (χ2v) is 4.53. The molecule has 6 heteroatoms. The van der Waals surface area contributed by atoms with Crippen molar-refractivity contribution in [2.75, 3.05) is 12.8 Å². The van der Waals surface area contributed by atoms with Crippen LogP contribution in [0.2, 0.25) is 0 Å². The maximum absolute atomic E-state index is 12.1. The van der Waals surface area contributed by atoms with Gasteiger partial charge >= 0.3 is 0 Å². The molecule has 0 aliphatic rings. The molecule has 0 saturated carbocycles. The van der Waals surface area contributed by atoms with E-state index in [1.165, 1.54) is 0 Å². The van der Waals surface area contributed by atoms with Crippen LogP contribution in [0.3, 0.4) is 0 Å². The fraction of sp³-hybridized carbons (Fsp3) is 0.143. The van der Waals surface area contributed by atoms with E-state index in [4.69, 9.17) is 10.5 Å². The smallest absolute Gasteiger partial charge is 0.262 e. The first-order valence-corrected chi connectivity index (χ1v) is 6.12. The number of nitrogens with one attached hydrogen (secondary N) is 2. The van der Waals surface area contributed by atoms with Crippen LogP contribution in [0.5, 0.6) is 5.75 Å². The quantitative estimate of drug-likeness (QED) is 0.661. The third-order valence-corrected chi connectivity index (χ3v) is 3.25. The Morgan fingerprint density at radius 3 is 2.55 bits per heavy atom. The van der Waals surface area contributed by atoms with Gasteiger partial charge in [-0.25, -0.2) is 0 Å². The predicted octanol–water partition coefficient (Wildman–Crippen LogP) is 1.82. The van der Waals surface area contributed by atoms with Gasteiger partial charge in [-0.3, -0.25) is 9.78 Å². The number of H-pyrrole nitrogens is 2. The van der Waals surface area contributed by atoms with Gasteiger partial charge in [0.1, 0.15) is 11.4 Å². The fourth-order valence-corrected chi connectivity index (χ4v) is 2.36. The van der Waals surface area contributed by atoms with Gasteiger partial charge in [-0.15, -0.1) is 0 Å². The molecule has 20 heavy (non-hydrogen) atoms. The average Bonchev–Trinajstić information content (AvgIpc) is 2.75. The lowest BCUT2D eigenvalue weighted by molar-refractivity contribution is 0.415. The molecule has 0 radical (unpaired) electrons. The van der Waals surface area contributed by atoms with Crippen LogP contribution in [-0.4, -0.2) is 22.1 Å². The van der Waals surface area contributed by atoms with E-state index in [1.54, 1.807) is 7.11 Å². The molecular weight excluding hydrogens is 256 g/mol. The summed E-state index contributed by atoms with van der Waals surface area (Å²) in [6.07, 6.45) is 0. The van der Waals surface area contributed by atoms with Crippen LogP contribution in [0.25, 0.3) is 22.2 Å². The number of benzene rings is 1. The molecule has 0 unspecified atom stereocenters. The highest BCUT2D eigenvalue weighted by atomic mass is 16.5. The third-order valence-electron chi connectivity index (χ3n) is 3.25. The van der Waals surface area contributed by atoms with Crippen LogP contribution in [-0.2, 0) is 0 Å². The normalized spacial score (nSPS) is 10.9. The summed E-state index contributed by atoms with van der Waals surface area (Å²) in [6.45, 7) is 1.90. The number of nitrogens with zero attached hydrogens (tertiary/aromatic N) is 1. The molecule has 0 atom stereocenters. The Morgan fingerprint density at radius 2 is 1.90 bits per heavy atom. The molecule has 3 aromatic rings. The van der Waals surface area contributed by atoms with Gasteiger partial charge in [0.25, 0.3) is 5.56 Å². The first-order chi connectivity index (χ1) is 9.60. The number of rotatable bonds is 2. The number of aromatic amines is 2. The van der Waals surface area contributed by atoms with E-state index < -0.39 is 0 Å². The van der Waals surface area contributed by atoms with Crippen molar-refractivity contribution in [3.05, 3.63) is 40.3 Å². The van der Waals surface area contributed by atoms with Gasteiger partial charge < -0.3 is 15.5 Å². The number of aromatic nitrogens is 3. The lowest BCUT2D eigenvalue weighted by Crippen LogP contribution is -2.10. The van der Waals surface area contributed by atoms with Crippen molar-refractivity contribution in [1.29, 1.82) is 0 Å². The minimum atomic E-state index is -0.248. The molecule has 1 aromatic carbocycles. The number of hydrogen-bond acceptors (Lipinski definition) is 4. The number of hydrogen-bond donors (Lipinski definition) is 3. The Bertz CT molecular complexity index is 831. The highest BCUT2D eigenvalue weighted by Gasteiger charge is 2.15. The van der Waals surface area contributed by atoms with Gasteiger partial charge in [-0.05, 0) is 24.6 Å². The molecule has 0 bridgehead atoms. The monoisotopic (exact) mass is 270 g/mol. The van der Waals surface area contributed by atoms with Gasteiger partial charge in [-0.2, -0.15) is 4.98 Å². The minimum absolute atomic E-state index is 0.102. The zero-order chi connectivity index (χ0) is 14.3. The van der Waals surface area contributed by atoms with Crippen LogP contribution >= 0.6 is 0 Å². The molecule has 2 aromatic heterocycles. The summed E-state index contributed by atoms with van der Waals surface area (Å²) in [5.74, 6) is 0.868. The van der Waals surface area contributed by atoms with Crippen molar-refractivity contribution >= 4 is 17.0 Å². The Balaban J connectivity index is 2.29. The van der Waals surface area contributed by atoms with Crippen molar-refractivity contribution < 1.29 is 4.74 Å². The standard InChI is InChI=1S/C14H14N4O2/c1-7-10(8-3-5-9(20-2)6-4-8)11-12(16-7)17-14(15)18-13(11)19/h3-6H,1-2H3,(H4,15,16,17,18,19). The predicted molar refractivity (Wildman–Crippen MR) is 77.9 cm³/mol. The van der Waals surface area contributed by atoms with Gasteiger partial charge in [0.15, 0.2) is 0 Å². The van der Waals surface area contributed by atoms with Crippen LogP contribution in [0, 0.1) is 6.92 Å². The first kappa shape index (κ1) is 12.3. The summed E-state index contributed by atoms with van der Waals surface area (Å²) in [6, 6.07) is 7.52. The Labute approximate surface area is 114 Å². The number of ether oxygens (including phenoxy) is 1. The Kier molecular flexibility index (Phi) is 2.71. The summed E-state index contributed by atoms with van der Waals surface area (Å²) >= 11 is 0. The molecule has 0 spiro atoms. The molecule has 0 fully saturated rings. The minimum Gasteiger partial charge on any atom is -0.497 e. The summed E-state index contributed by atoms with van der Waals surface area (Å²) in [5.41, 5.74) is 8.43. The molecule has 2 heterocycles.